The summed E-state index contributed by atoms with van der Waals surface area (Å²) in [6.45, 7) is 3.73. The highest BCUT2D eigenvalue weighted by Crippen LogP contribution is 2.27. The first kappa shape index (κ1) is 15.0. The Balaban J connectivity index is 2.30. The summed E-state index contributed by atoms with van der Waals surface area (Å²) in [4.78, 5) is 35.3. The molecule has 112 valence electrons. The van der Waals surface area contributed by atoms with Gasteiger partial charge in [-0.05, 0) is 31.4 Å². The summed E-state index contributed by atoms with van der Waals surface area (Å²) in [7, 11) is 0. The number of hydrogen-bond donors (Lipinski definition) is 1. The summed E-state index contributed by atoms with van der Waals surface area (Å²) in [5.41, 5.74) is 0.597. The van der Waals surface area contributed by atoms with Crippen molar-refractivity contribution in [1.82, 2.24) is 4.90 Å². The molecule has 0 aliphatic carbocycles. The molecular weight excluding hydrogens is 276 g/mol. The molecule has 21 heavy (non-hydrogen) atoms. The highest BCUT2D eigenvalue weighted by Gasteiger charge is 2.39. The van der Waals surface area contributed by atoms with Crippen LogP contribution in [-0.2, 0) is 4.79 Å². The molecule has 1 fully saturated rings. The third kappa shape index (κ3) is 2.72. The van der Waals surface area contributed by atoms with Crippen molar-refractivity contribution in [2.45, 2.75) is 26.3 Å². The van der Waals surface area contributed by atoms with Crippen molar-refractivity contribution in [3.63, 3.8) is 0 Å². The van der Waals surface area contributed by atoms with E-state index in [1.807, 2.05) is 0 Å². The Labute approximate surface area is 121 Å². The van der Waals surface area contributed by atoms with E-state index in [0.717, 1.165) is 0 Å². The van der Waals surface area contributed by atoms with Gasteiger partial charge in [0.25, 0.3) is 11.6 Å². The van der Waals surface area contributed by atoms with Gasteiger partial charge in [0.2, 0.25) is 0 Å². The summed E-state index contributed by atoms with van der Waals surface area (Å²) in [5.74, 6) is -1.53. The molecule has 1 aromatic carbocycles. The number of hydrogen-bond acceptors (Lipinski definition) is 4. The first-order valence-corrected chi connectivity index (χ1v) is 6.61. The molecule has 0 bridgehead atoms. The molecule has 0 saturated carbocycles. The largest absolute Gasteiger partial charge is 0.480 e. The summed E-state index contributed by atoms with van der Waals surface area (Å²) >= 11 is 0. The molecule has 1 N–H and O–H groups in total. The number of carbonyl (C=O) groups is 2. The molecule has 0 spiro atoms. The quantitative estimate of drug-likeness (QED) is 0.676. The van der Waals surface area contributed by atoms with Gasteiger partial charge in [-0.2, -0.15) is 0 Å². The first-order chi connectivity index (χ1) is 9.82. The van der Waals surface area contributed by atoms with E-state index < -0.39 is 22.8 Å². The molecule has 7 nitrogen and oxygen atoms in total. The number of likely N-dealkylation sites (tertiary alicyclic amines) is 1. The maximum Gasteiger partial charge on any atom is 0.326 e. The second-order valence-electron chi connectivity index (χ2n) is 5.31. The summed E-state index contributed by atoms with van der Waals surface area (Å²) in [6.07, 6.45) is 0.634. The van der Waals surface area contributed by atoms with Gasteiger partial charge in [0, 0.05) is 23.7 Å². The molecule has 1 saturated heterocycles. The average molecular weight is 292 g/mol. The van der Waals surface area contributed by atoms with E-state index >= 15 is 0 Å². The van der Waals surface area contributed by atoms with Gasteiger partial charge in [0.15, 0.2) is 0 Å². The van der Waals surface area contributed by atoms with Crippen molar-refractivity contribution in [2.24, 2.45) is 5.92 Å². The van der Waals surface area contributed by atoms with Crippen LogP contribution >= 0.6 is 0 Å². The van der Waals surface area contributed by atoms with Crippen LogP contribution in [0.4, 0.5) is 5.69 Å². The molecule has 1 aliphatic rings. The van der Waals surface area contributed by atoms with Crippen LogP contribution in [0.5, 0.6) is 0 Å². The number of nitrogens with zero attached hydrogens (tertiary/aromatic N) is 2. The number of carboxylic acid groups (broad SMARTS) is 1. The monoisotopic (exact) mass is 292 g/mol. The number of nitro benzene ring substituents is 1. The highest BCUT2D eigenvalue weighted by atomic mass is 16.6. The number of benzene rings is 1. The average Bonchev–Trinajstić information content (AvgIpc) is 2.79. The van der Waals surface area contributed by atoms with Crippen LogP contribution in [0.15, 0.2) is 18.2 Å². The van der Waals surface area contributed by atoms with Crippen molar-refractivity contribution < 1.29 is 19.6 Å². The third-order valence-electron chi connectivity index (χ3n) is 3.85. The van der Waals surface area contributed by atoms with Gasteiger partial charge in [-0.25, -0.2) is 4.79 Å². The van der Waals surface area contributed by atoms with E-state index in [-0.39, 0.29) is 17.2 Å². The van der Waals surface area contributed by atoms with Gasteiger partial charge in [0.1, 0.15) is 6.04 Å². The zero-order valence-corrected chi connectivity index (χ0v) is 11.8. The lowest BCUT2D eigenvalue weighted by molar-refractivity contribution is -0.385. The molecule has 1 amide bonds. The Morgan fingerprint density at radius 1 is 1.43 bits per heavy atom. The van der Waals surface area contributed by atoms with Crippen LogP contribution < -0.4 is 0 Å². The minimum atomic E-state index is -1.02. The molecule has 1 aliphatic heterocycles. The van der Waals surface area contributed by atoms with Crippen molar-refractivity contribution in [1.29, 1.82) is 0 Å². The molecule has 1 aromatic rings. The Morgan fingerprint density at radius 3 is 2.62 bits per heavy atom. The van der Waals surface area contributed by atoms with Crippen molar-refractivity contribution in [2.75, 3.05) is 6.54 Å². The van der Waals surface area contributed by atoms with E-state index in [0.29, 0.717) is 18.5 Å². The van der Waals surface area contributed by atoms with Gasteiger partial charge in [-0.15, -0.1) is 0 Å². The van der Waals surface area contributed by atoms with Gasteiger partial charge in [-0.1, -0.05) is 6.92 Å². The molecule has 2 atom stereocenters. The minimum absolute atomic E-state index is 0.0591. The fourth-order valence-corrected chi connectivity index (χ4v) is 2.71. The lowest BCUT2D eigenvalue weighted by atomic mass is 10.0. The summed E-state index contributed by atoms with van der Waals surface area (Å²) in [6, 6.07) is 3.24. The lowest BCUT2D eigenvalue weighted by Gasteiger charge is -2.23. The molecular formula is C14H16N2O5. The second kappa shape index (κ2) is 5.51. The van der Waals surface area contributed by atoms with Crippen LogP contribution in [0.2, 0.25) is 0 Å². The maximum atomic E-state index is 12.4. The second-order valence-corrected chi connectivity index (χ2v) is 5.31. The van der Waals surface area contributed by atoms with Gasteiger partial charge in [0.05, 0.1) is 4.92 Å². The van der Waals surface area contributed by atoms with Crippen molar-refractivity contribution >= 4 is 17.6 Å². The Bertz CT molecular complexity index is 613. The fourth-order valence-electron chi connectivity index (χ4n) is 2.71. The predicted octanol–water partition coefficient (Wildman–Crippen LogP) is 1.84. The van der Waals surface area contributed by atoms with Gasteiger partial charge < -0.3 is 10.0 Å². The van der Waals surface area contributed by atoms with E-state index in [2.05, 4.69) is 0 Å². The van der Waals surface area contributed by atoms with Crippen molar-refractivity contribution in [3.05, 3.63) is 39.4 Å². The van der Waals surface area contributed by atoms with E-state index in [1.165, 1.54) is 23.1 Å². The van der Waals surface area contributed by atoms with Gasteiger partial charge >= 0.3 is 5.97 Å². The zero-order chi connectivity index (χ0) is 15.7. The number of carbonyl (C=O) groups excluding carboxylic acids is 1. The topological polar surface area (TPSA) is 101 Å². The van der Waals surface area contributed by atoms with Crippen molar-refractivity contribution in [3.8, 4) is 0 Å². The summed E-state index contributed by atoms with van der Waals surface area (Å²) in [5, 5.41) is 20.0. The number of amides is 1. The highest BCUT2D eigenvalue weighted by molar-refractivity contribution is 5.97. The van der Waals surface area contributed by atoms with Crippen LogP contribution in [-0.4, -0.2) is 39.4 Å². The van der Waals surface area contributed by atoms with E-state index in [9.17, 15) is 24.8 Å². The van der Waals surface area contributed by atoms with Crippen LogP contribution in [0.25, 0.3) is 0 Å². The normalized spacial score (nSPS) is 21.3. The number of nitro groups is 1. The predicted molar refractivity (Wildman–Crippen MR) is 74.1 cm³/mol. The number of rotatable bonds is 3. The summed E-state index contributed by atoms with van der Waals surface area (Å²) < 4.78 is 0. The van der Waals surface area contributed by atoms with E-state index in [1.54, 1.807) is 13.8 Å². The van der Waals surface area contributed by atoms with Crippen LogP contribution in [0.3, 0.4) is 0 Å². The van der Waals surface area contributed by atoms with Gasteiger partial charge in [-0.3, -0.25) is 14.9 Å². The Hall–Kier alpha value is -2.44. The molecule has 2 unspecified atom stereocenters. The molecule has 7 heteroatoms. The molecule has 0 aromatic heterocycles. The Kier molecular flexibility index (Phi) is 3.93. The van der Waals surface area contributed by atoms with Crippen LogP contribution in [0, 0.1) is 23.0 Å². The third-order valence-corrected chi connectivity index (χ3v) is 3.85. The standard InChI is InChI=1S/C14H16N2O5/c1-8-5-6-15(12(8)14(18)19)13(17)10-3-4-11(16(20)21)9(2)7-10/h3-4,7-8,12H,5-6H2,1-2H3,(H,18,19). The first-order valence-electron chi connectivity index (χ1n) is 6.61. The molecule has 0 radical (unpaired) electrons. The number of aliphatic carboxylic acids is 1. The molecule has 2 rings (SSSR count). The Morgan fingerprint density at radius 2 is 2.10 bits per heavy atom. The zero-order valence-electron chi connectivity index (χ0n) is 11.8. The van der Waals surface area contributed by atoms with Crippen LogP contribution in [0.1, 0.15) is 29.3 Å². The smallest absolute Gasteiger partial charge is 0.326 e. The minimum Gasteiger partial charge on any atom is -0.480 e. The SMILES string of the molecule is Cc1cc(C(=O)N2CCC(C)C2C(=O)O)ccc1[N+](=O)[O-]. The number of carboxylic acids is 1. The number of aryl methyl sites for hydroxylation is 1. The lowest BCUT2D eigenvalue weighted by Crippen LogP contribution is -2.42. The molecule has 1 heterocycles. The fraction of sp³-hybridized carbons (Fsp3) is 0.429. The van der Waals surface area contributed by atoms with E-state index in [4.69, 9.17) is 0 Å². The maximum absolute atomic E-state index is 12.4.